The van der Waals surface area contributed by atoms with Gasteiger partial charge < -0.3 is 15.8 Å². The number of imidazole rings is 1. The van der Waals surface area contributed by atoms with E-state index >= 15 is 0 Å². The Hall–Kier alpha value is -1.52. The highest BCUT2D eigenvalue weighted by Crippen LogP contribution is 2.14. The standard InChI is InChI=1S/C8H13N3O2/c1-4(2)3-5-10-6(7(9)12)8(13)11-5/h4,13H,3H2,1-2H3,(H2,9,12)(H,10,11). The van der Waals surface area contributed by atoms with Gasteiger partial charge in [-0.05, 0) is 5.92 Å². The molecule has 1 aromatic rings. The number of primary amides is 1. The SMILES string of the molecule is CC(C)Cc1nc(C(N)=O)c(O)[nH]1. The molecule has 0 aromatic carbocycles. The Kier molecular flexibility index (Phi) is 2.55. The molecule has 0 saturated heterocycles. The van der Waals surface area contributed by atoms with Crippen molar-refractivity contribution in [3.05, 3.63) is 11.5 Å². The predicted octanol–water partition coefficient (Wildman–Crippen LogP) is 0.413. The molecule has 1 amide bonds. The molecular weight excluding hydrogens is 170 g/mol. The van der Waals surface area contributed by atoms with Crippen molar-refractivity contribution in [3.8, 4) is 5.88 Å². The number of hydrogen-bond acceptors (Lipinski definition) is 3. The average Bonchev–Trinajstić information content (AvgIpc) is 2.29. The fourth-order valence-corrected chi connectivity index (χ4v) is 1.07. The van der Waals surface area contributed by atoms with Crippen LogP contribution >= 0.6 is 0 Å². The third kappa shape index (κ3) is 2.21. The Morgan fingerprint density at radius 2 is 2.31 bits per heavy atom. The highest BCUT2D eigenvalue weighted by atomic mass is 16.3. The topological polar surface area (TPSA) is 92.0 Å². The number of nitrogens with zero attached hydrogens (tertiary/aromatic N) is 1. The van der Waals surface area contributed by atoms with Crippen molar-refractivity contribution in [2.45, 2.75) is 20.3 Å². The molecule has 0 aliphatic carbocycles. The number of aromatic nitrogens is 2. The summed E-state index contributed by atoms with van der Waals surface area (Å²) in [6, 6.07) is 0. The molecule has 0 atom stereocenters. The molecule has 0 saturated carbocycles. The van der Waals surface area contributed by atoms with Crippen LogP contribution in [0.3, 0.4) is 0 Å². The van der Waals surface area contributed by atoms with Crippen molar-refractivity contribution in [1.29, 1.82) is 0 Å². The third-order valence-electron chi connectivity index (χ3n) is 1.57. The number of nitrogens with one attached hydrogen (secondary N) is 1. The molecule has 0 fully saturated rings. The van der Waals surface area contributed by atoms with E-state index in [-0.39, 0.29) is 11.6 Å². The van der Waals surface area contributed by atoms with Crippen molar-refractivity contribution in [2.75, 3.05) is 0 Å². The second-order valence-electron chi connectivity index (χ2n) is 3.34. The lowest BCUT2D eigenvalue weighted by atomic mass is 10.1. The first kappa shape index (κ1) is 9.57. The van der Waals surface area contributed by atoms with Crippen LogP contribution in [0.25, 0.3) is 0 Å². The molecule has 5 heteroatoms. The highest BCUT2D eigenvalue weighted by molar-refractivity contribution is 5.93. The monoisotopic (exact) mass is 183 g/mol. The molecule has 0 spiro atoms. The summed E-state index contributed by atoms with van der Waals surface area (Å²) in [6.45, 7) is 4.03. The van der Waals surface area contributed by atoms with Crippen LogP contribution in [-0.2, 0) is 6.42 Å². The number of hydrogen-bond donors (Lipinski definition) is 3. The van der Waals surface area contributed by atoms with Gasteiger partial charge in [-0.2, -0.15) is 0 Å². The van der Waals surface area contributed by atoms with E-state index in [1.807, 2.05) is 13.8 Å². The van der Waals surface area contributed by atoms with Gasteiger partial charge >= 0.3 is 0 Å². The van der Waals surface area contributed by atoms with E-state index in [1.165, 1.54) is 0 Å². The zero-order valence-corrected chi connectivity index (χ0v) is 7.66. The molecule has 1 aromatic heterocycles. The van der Waals surface area contributed by atoms with Crippen LogP contribution in [0.5, 0.6) is 5.88 Å². The smallest absolute Gasteiger partial charge is 0.272 e. The third-order valence-corrected chi connectivity index (χ3v) is 1.57. The number of rotatable bonds is 3. The molecule has 1 rings (SSSR count). The number of aromatic amines is 1. The summed E-state index contributed by atoms with van der Waals surface area (Å²) < 4.78 is 0. The fraction of sp³-hybridized carbons (Fsp3) is 0.500. The summed E-state index contributed by atoms with van der Waals surface area (Å²) in [4.78, 5) is 17.2. The first-order valence-corrected chi connectivity index (χ1v) is 4.08. The lowest BCUT2D eigenvalue weighted by Crippen LogP contribution is -2.11. The number of amides is 1. The Morgan fingerprint density at radius 3 is 2.69 bits per heavy atom. The van der Waals surface area contributed by atoms with E-state index in [9.17, 15) is 9.90 Å². The van der Waals surface area contributed by atoms with Gasteiger partial charge in [0, 0.05) is 6.42 Å². The molecule has 0 aliphatic rings. The molecule has 5 nitrogen and oxygen atoms in total. The van der Waals surface area contributed by atoms with E-state index in [4.69, 9.17) is 5.73 Å². The number of aromatic hydroxyl groups is 1. The molecule has 4 N–H and O–H groups in total. The summed E-state index contributed by atoms with van der Waals surface area (Å²) in [6.07, 6.45) is 0.681. The van der Waals surface area contributed by atoms with Gasteiger partial charge in [0.1, 0.15) is 5.82 Å². The van der Waals surface area contributed by atoms with Gasteiger partial charge in [0.25, 0.3) is 5.91 Å². The summed E-state index contributed by atoms with van der Waals surface area (Å²) in [7, 11) is 0. The van der Waals surface area contributed by atoms with Gasteiger partial charge in [0.05, 0.1) is 0 Å². The number of H-pyrrole nitrogens is 1. The Labute approximate surface area is 76.0 Å². The quantitative estimate of drug-likeness (QED) is 0.633. The van der Waals surface area contributed by atoms with Gasteiger partial charge in [-0.1, -0.05) is 13.8 Å². The molecule has 0 radical (unpaired) electrons. The van der Waals surface area contributed by atoms with Gasteiger partial charge in [-0.15, -0.1) is 0 Å². The zero-order valence-electron chi connectivity index (χ0n) is 7.66. The molecule has 1 heterocycles. The minimum Gasteiger partial charge on any atom is -0.493 e. The Balaban J connectivity index is 2.89. The van der Waals surface area contributed by atoms with Gasteiger partial charge in [-0.3, -0.25) is 4.79 Å². The van der Waals surface area contributed by atoms with Gasteiger partial charge in [0.2, 0.25) is 5.88 Å². The number of nitrogens with two attached hydrogens (primary N) is 1. The Bertz CT molecular complexity index is 317. The van der Waals surface area contributed by atoms with E-state index in [2.05, 4.69) is 9.97 Å². The van der Waals surface area contributed by atoms with Crippen molar-refractivity contribution >= 4 is 5.91 Å². The lowest BCUT2D eigenvalue weighted by Gasteiger charge is -1.98. The van der Waals surface area contributed by atoms with E-state index in [0.29, 0.717) is 18.2 Å². The van der Waals surface area contributed by atoms with Crippen LogP contribution in [0.1, 0.15) is 30.2 Å². The lowest BCUT2D eigenvalue weighted by molar-refractivity contribution is 0.0993. The van der Waals surface area contributed by atoms with E-state index in [1.54, 1.807) is 0 Å². The van der Waals surface area contributed by atoms with Crippen molar-refractivity contribution in [3.63, 3.8) is 0 Å². The van der Waals surface area contributed by atoms with Gasteiger partial charge in [0.15, 0.2) is 5.69 Å². The maximum absolute atomic E-state index is 10.7. The molecule has 0 bridgehead atoms. The largest absolute Gasteiger partial charge is 0.493 e. The normalized spacial score (nSPS) is 10.7. The number of carbonyl (C=O) groups excluding carboxylic acids is 1. The summed E-state index contributed by atoms with van der Waals surface area (Å²) in [5, 5.41) is 9.20. The summed E-state index contributed by atoms with van der Waals surface area (Å²) >= 11 is 0. The molecule has 13 heavy (non-hydrogen) atoms. The van der Waals surface area contributed by atoms with Crippen molar-refractivity contribution < 1.29 is 9.90 Å². The molecule has 72 valence electrons. The predicted molar refractivity (Wildman–Crippen MR) is 47.3 cm³/mol. The van der Waals surface area contributed by atoms with E-state index in [0.717, 1.165) is 0 Å². The maximum atomic E-state index is 10.7. The first-order valence-electron chi connectivity index (χ1n) is 4.08. The summed E-state index contributed by atoms with van der Waals surface area (Å²) in [5.74, 6) is 0.0273. The molecular formula is C8H13N3O2. The molecule has 0 unspecified atom stereocenters. The van der Waals surface area contributed by atoms with Crippen molar-refractivity contribution in [2.24, 2.45) is 11.7 Å². The van der Waals surface area contributed by atoms with Crippen LogP contribution in [0, 0.1) is 5.92 Å². The average molecular weight is 183 g/mol. The second-order valence-corrected chi connectivity index (χ2v) is 3.34. The van der Waals surface area contributed by atoms with E-state index < -0.39 is 5.91 Å². The van der Waals surface area contributed by atoms with Crippen LogP contribution in [-0.4, -0.2) is 21.0 Å². The Morgan fingerprint density at radius 1 is 1.69 bits per heavy atom. The first-order chi connectivity index (χ1) is 6.00. The maximum Gasteiger partial charge on any atom is 0.272 e. The fourth-order valence-electron chi connectivity index (χ4n) is 1.07. The minimum atomic E-state index is -0.719. The van der Waals surface area contributed by atoms with Crippen LogP contribution in [0.15, 0.2) is 0 Å². The van der Waals surface area contributed by atoms with Crippen LogP contribution in [0.2, 0.25) is 0 Å². The minimum absolute atomic E-state index is 0.0874. The number of carbonyl (C=O) groups is 1. The zero-order chi connectivity index (χ0) is 10.0. The molecule has 0 aliphatic heterocycles. The highest BCUT2D eigenvalue weighted by Gasteiger charge is 2.14. The van der Waals surface area contributed by atoms with Crippen molar-refractivity contribution in [1.82, 2.24) is 9.97 Å². The summed E-state index contributed by atoms with van der Waals surface area (Å²) in [5.41, 5.74) is 4.89. The van der Waals surface area contributed by atoms with Crippen LogP contribution in [0.4, 0.5) is 0 Å². The second kappa shape index (κ2) is 3.47. The van der Waals surface area contributed by atoms with Gasteiger partial charge in [-0.25, -0.2) is 4.98 Å². The van der Waals surface area contributed by atoms with Crippen LogP contribution < -0.4 is 5.73 Å².